The summed E-state index contributed by atoms with van der Waals surface area (Å²) in [7, 11) is 0. The van der Waals surface area contributed by atoms with Crippen LogP contribution in [0.4, 0.5) is 0 Å². The minimum atomic E-state index is -0.232. The summed E-state index contributed by atoms with van der Waals surface area (Å²) >= 11 is 4.67. The summed E-state index contributed by atoms with van der Waals surface area (Å²) in [6.45, 7) is -0.0194. The van der Waals surface area contributed by atoms with Crippen LogP contribution in [0.25, 0.3) is 0 Å². The molecule has 0 radical (unpaired) electrons. The van der Waals surface area contributed by atoms with Crippen LogP contribution in [-0.2, 0) is 13.0 Å². The van der Waals surface area contributed by atoms with E-state index in [-0.39, 0.29) is 23.7 Å². The Balaban J connectivity index is 2.01. The van der Waals surface area contributed by atoms with Gasteiger partial charge < -0.3 is 4.57 Å². The van der Waals surface area contributed by atoms with Gasteiger partial charge in [0.15, 0.2) is 11.6 Å². The molecular formula is C15H12BrNO3S. The molecule has 4 nitrogen and oxygen atoms in total. The van der Waals surface area contributed by atoms with Crippen molar-refractivity contribution in [3.63, 3.8) is 0 Å². The van der Waals surface area contributed by atoms with Gasteiger partial charge in [-0.15, -0.1) is 11.3 Å². The third-order valence-corrected chi connectivity index (χ3v) is 5.46. The average Bonchev–Trinajstić information content (AvgIpc) is 2.88. The van der Waals surface area contributed by atoms with Crippen molar-refractivity contribution in [2.45, 2.75) is 25.8 Å². The van der Waals surface area contributed by atoms with Gasteiger partial charge in [-0.1, -0.05) is 0 Å². The number of ketones is 2. The third kappa shape index (κ3) is 2.65. The van der Waals surface area contributed by atoms with Crippen LogP contribution in [0.3, 0.4) is 0 Å². The van der Waals surface area contributed by atoms with E-state index in [9.17, 15) is 14.4 Å². The summed E-state index contributed by atoms with van der Waals surface area (Å²) in [6.07, 6.45) is 1.90. The maximum atomic E-state index is 12.4. The third-order valence-electron chi connectivity index (χ3n) is 3.59. The van der Waals surface area contributed by atoms with Crippen molar-refractivity contribution in [3.05, 3.63) is 54.5 Å². The van der Waals surface area contributed by atoms with Gasteiger partial charge in [-0.3, -0.25) is 14.4 Å². The Hall–Kier alpha value is -1.53. The lowest BCUT2D eigenvalue weighted by atomic mass is 9.94. The minimum Gasteiger partial charge on any atom is -0.304 e. The zero-order valence-corrected chi connectivity index (χ0v) is 13.5. The lowest BCUT2D eigenvalue weighted by molar-refractivity contribution is 0.0951. The molecule has 2 aromatic rings. The van der Waals surface area contributed by atoms with Crippen LogP contribution in [0.1, 0.15) is 38.6 Å². The second-order valence-corrected chi connectivity index (χ2v) is 6.69. The highest BCUT2D eigenvalue weighted by Crippen LogP contribution is 2.24. The first-order valence-corrected chi connectivity index (χ1v) is 8.27. The molecule has 3 rings (SSSR count). The average molecular weight is 366 g/mol. The Morgan fingerprint density at radius 3 is 2.76 bits per heavy atom. The van der Waals surface area contributed by atoms with Gasteiger partial charge in [-0.2, -0.15) is 0 Å². The Morgan fingerprint density at radius 2 is 2.05 bits per heavy atom. The van der Waals surface area contributed by atoms with E-state index in [1.807, 2.05) is 11.4 Å². The molecule has 0 fully saturated rings. The van der Waals surface area contributed by atoms with E-state index >= 15 is 0 Å². The Kier molecular flexibility index (Phi) is 3.91. The standard InChI is InChI=1S/C15H12BrNO3S/c16-10-6-7-21-15(10)13(19)8-17-11-2-1-3-12(18)9(11)4-5-14(17)20/h4-7H,1-3,8H2. The van der Waals surface area contributed by atoms with Gasteiger partial charge in [0, 0.05) is 28.2 Å². The van der Waals surface area contributed by atoms with Crippen LogP contribution in [0.5, 0.6) is 0 Å². The topological polar surface area (TPSA) is 56.1 Å². The monoisotopic (exact) mass is 365 g/mol. The molecule has 0 saturated carbocycles. The van der Waals surface area contributed by atoms with Crippen LogP contribution >= 0.6 is 27.3 Å². The maximum absolute atomic E-state index is 12.4. The summed E-state index contributed by atoms with van der Waals surface area (Å²) < 4.78 is 2.19. The molecule has 6 heteroatoms. The molecule has 0 atom stereocenters. The Bertz CT molecular complexity index is 790. The van der Waals surface area contributed by atoms with Crippen molar-refractivity contribution in [2.24, 2.45) is 0 Å². The van der Waals surface area contributed by atoms with Gasteiger partial charge in [0.25, 0.3) is 5.56 Å². The zero-order chi connectivity index (χ0) is 15.0. The van der Waals surface area contributed by atoms with E-state index in [0.717, 1.165) is 10.9 Å². The minimum absolute atomic E-state index is 0.0194. The Morgan fingerprint density at radius 1 is 1.24 bits per heavy atom. The number of carbonyl (C=O) groups is 2. The predicted octanol–water partition coefficient (Wildman–Crippen LogP) is 3.07. The van der Waals surface area contributed by atoms with Crippen molar-refractivity contribution in [2.75, 3.05) is 0 Å². The van der Waals surface area contributed by atoms with E-state index in [4.69, 9.17) is 0 Å². The molecule has 1 aliphatic carbocycles. The molecule has 2 heterocycles. The van der Waals surface area contributed by atoms with E-state index in [0.29, 0.717) is 29.0 Å². The van der Waals surface area contributed by atoms with Gasteiger partial charge in [0.2, 0.25) is 0 Å². The number of halogens is 1. The molecule has 0 saturated heterocycles. The summed E-state index contributed by atoms with van der Waals surface area (Å²) in [5.74, 6) is -0.0693. The number of rotatable bonds is 3. The number of pyridine rings is 1. The lowest BCUT2D eigenvalue weighted by Gasteiger charge is -2.19. The first-order chi connectivity index (χ1) is 10.1. The van der Waals surface area contributed by atoms with E-state index < -0.39 is 0 Å². The molecule has 108 valence electrons. The smallest absolute Gasteiger partial charge is 0.251 e. The van der Waals surface area contributed by atoms with Crippen molar-refractivity contribution in [3.8, 4) is 0 Å². The van der Waals surface area contributed by atoms with Gasteiger partial charge in [-0.25, -0.2) is 0 Å². The number of hydrogen-bond donors (Lipinski definition) is 0. The molecule has 0 aliphatic heterocycles. The van der Waals surface area contributed by atoms with Gasteiger partial charge in [0.1, 0.15) is 0 Å². The molecule has 1 aliphatic rings. The van der Waals surface area contributed by atoms with Crippen LogP contribution in [0, 0.1) is 0 Å². The van der Waals surface area contributed by atoms with Crippen LogP contribution < -0.4 is 5.56 Å². The number of nitrogens with zero attached hydrogens (tertiary/aromatic N) is 1. The number of thiophene rings is 1. The SMILES string of the molecule is O=C1CCCc2c1ccc(=O)n2CC(=O)c1sccc1Br. The Labute approximate surface area is 133 Å². The van der Waals surface area contributed by atoms with E-state index in [1.165, 1.54) is 22.0 Å². The lowest BCUT2D eigenvalue weighted by Crippen LogP contribution is -2.30. The highest BCUT2D eigenvalue weighted by Gasteiger charge is 2.22. The summed E-state index contributed by atoms with van der Waals surface area (Å²) in [5.41, 5.74) is 1.04. The van der Waals surface area contributed by atoms with Crippen molar-refractivity contribution in [1.82, 2.24) is 4.57 Å². The summed E-state index contributed by atoms with van der Waals surface area (Å²) in [6, 6.07) is 4.77. The molecule has 0 amide bonds. The second kappa shape index (κ2) is 5.69. The fourth-order valence-electron chi connectivity index (χ4n) is 2.58. The highest BCUT2D eigenvalue weighted by molar-refractivity contribution is 9.10. The number of aromatic nitrogens is 1. The largest absolute Gasteiger partial charge is 0.304 e. The van der Waals surface area contributed by atoms with Crippen molar-refractivity contribution in [1.29, 1.82) is 0 Å². The number of Topliss-reactive ketones (excluding diaryl/α,β-unsaturated/α-hetero) is 2. The normalized spacial score (nSPS) is 14.0. The molecular weight excluding hydrogens is 354 g/mol. The number of carbonyl (C=O) groups excluding carboxylic acids is 2. The highest BCUT2D eigenvalue weighted by atomic mass is 79.9. The molecule has 21 heavy (non-hydrogen) atoms. The van der Waals surface area contributed by atoms with Crippen LogP contribution in [-0.4, -0.2) is 16.1 Å². The number of hydrogen-bond acceptors (Lipinski definition) is 4. The van der Waals surface area contributed by atoms with Crippen LogP contribution in [0.15, 0.2) is 32.8 Å². The molecule has 0 aromatic carbocycles. The van der Waals surface area contributed by atoms with Crippen molar-refractivity contribution < 1.29 is 9.59 Å². The molecule has 2 aromatic heterocycles. The zero-order valence-electron chi connectivity index (χ0n) is 11.1. The summed E-state index contributed by atoms with van der Waals surface area (Å²) in [5, 5.41) is 1.82. The molecule has 0 bridgehead atoms. The summed E-state index contributed by atoms with van der Waals surface area (Å²) in [4.78, 5) is 36.9. The number of fused-ring (bicyclic) bond motifs is 1. The van der Waals surface area contributed by atoms with Gasteiger partial charge in [0.05, 0.1) is 11.4 Å². The first kappa shape index (κ1) is 14.4. The molecule has 0 unspecified atom stereocenters. The second-order valence-electron chi connectivity index (χ2n) is 4.92. The molecule has 0 spiro atoms. The maximum Gasteiger partial charge on any atom is 0.251 e. The van der Waals surface area contributed by atoms with E-state index in [1.54, 1.807) is 6.07 Å². The van der Waals surface area contributed by atoms with Crippen LogP contribution in [0.2, 0.25) is 0 Å². The first-order valence-electron chi connectivity index (χ1n) is 6.60. The quantitative estimate of drug-likeness (QED) is 0.785. The van der Waals surface area contributed by atoms with Gasteiger partial charge >= 0.3 is 0 Å². The predicted molar refractivity (Wildman–Crippen MR) is 84.3 cm³/mol. The fourth-order valence-corrected chi connectivity index (χ4v) is 4.10. The van der Waals surface area contributed by atoms with E-state index in [2.05, 4.69) is 15.9 Å². The van der Waals surface area contributed by atoms with Crippen molar-refractivity contribution >= 4 is 38.8 Å². The van der Waals surface area contributed by atoms with Gasteiger partial charge in [-0.05, 0) is 46.3 Å². The fraction of sp³-hybridized carbons (Fsp3) is 0.267. The molecule has 0 N–H and O–H groups in total.